The summed E-state index contributed by atoms with van der Waals surface area (Å²) in [6, 6.07) is 9.74. The summed E-state index contributed by atoms with van der Waals surface area (Å²) in [4.78, 5) is 38.1. The molecule has 0 spiro atoms. The molecule has 39 heavy (non-hydrogen) atoms. The Labute approximate surface area is 231 Å². The molecule has 2 rings (SSSR count). The lowest BCUT2D eigenvalue weighted by Gasteiger charge is -2.20. The molecule has 0 bridgehead atoms. The number of methoxy groups -OCH3 is 1. The fourth-order valence-corrected chi connectivity index (χ4v) is 3.19. The second kappa shape index (κ2) is 12.8. The van der Waals surface area contributed by atoms with E-state index in [-0.39, 0.29) is 29.6 Å². The third-order valence-electron chi connectivity index (χ3n) is 5.40. The van der Waals surface area contributed by atoms with Gasteiger partial charge in [-0.1, -0.05) is 6.08 Å². The molecule has 2 aromatic carbocycles. The van der Waals surface area contributed by atoms with Crippen LogP contribution in [0.5, 0.6) is 17.2 Å². The van der Waals surface area contributed by atoms with Gasteiger partial charge in [0.2, 0.25) is 5.78 Å². The molecule has 0 amide bonds. The van der Waals surface area contributed by atoms with E-state index < -0.39 is 10.8 Å². The van der Waals surface area contributed by atoms with Gasteiger partial charge in [-0.25, -0.2) is 0 Å². The molecule has 210 valence electrons. The molecule has 0 heterocycles. The van der Waals surface area contributed by atoms with E-state index in [2.05, 4.69) is 6.58 Å². The first kappa shape index (κ1) is 31.3. The van der Waals surface area contributed by atoms with Crippen molar-refractivity contribution in [2.45, 2.75) is 67.9 Å². The zero-order valence-corrected chi connectivity index (χ0v) is 24.5. The van der Waals surface area contributed by atoms with Crippen LogP contribution in [0, 0.1) is 10.8 Å². The van der Waals surface area contributed by atoms with Gasteiger partial charge in [0.25, 0.3) is 0 Å². The third-order valence-corrected chi connectivity index (χ3v) is 5.40. The van der Waals surface area contributed by atoms with Gasteiger partial charge in [-0.05, 0) is 104 Å². The molecule has 0 saturated carbocycles. The molecule has 0 aromatic heterocycles. The van der Waals surface area contributed by atoms with Crippen LogP contribution in [-0.4, -0.2) is 30.9 Å². The number of ketones is 1. The van der Waals surface area contributed by atoms with Crippen LogP contribution in [0.1, 0.15) is 76.9 Å². The standard InChI is InChI=1S/C32H40O7/c1-11-12-22-17-23(26(37-20(2)3)19-25(22)39-30(35)32(7,8)9)18-27(36-10)28(33)21-13-15-24(16-14-21)38-29(34)31(4,5)6/h11,13-20H,1,12H2,2-10H3. The molecule has 0 atom stereocenters. The van der Waals surface area contributed by atoms with Crippen LogP contribution >= 0.6 is 0 Å². The van der Waals surface area contributed by atoms with Crippen molar-refractivity contribution < 1.29 is 33.3 Å². The Kier molecular flexibility index (Phi) is 10.3. The van der Waals surface area contributed by atoms with Crippen LogP contribution in [0.25, 0.3) is 6.08 Å². The first-order chi connectivity index (χ1) is 18.1. The second-order valence-electron chi connectivity index (χ2n) is 11.5. The predicted molar refractivity (Wildman–Crippen MR) is 152 cm³/mol. The van der Waals surface area contributed by atoms with Crippen LogP contribution in [0.3, 0.4) is 0 Å². The summed E-state index contributed by atoms with van der Waals surface area (Å²) in [5.74, 6) is 0.105. The molecule has 7 heteroatoms. The van der Waals surface area contributed by atoms with Gasteiger partial charge in [0.15, 0.2) is 5.76 Å². The summed E-state index contributed by atoms with van der Waals surface area (Å²) in [6.07, 6.45) is 3.55. The van der Waals surface area contributed by atoms with Gasteiger partial charge in [-0.15, -0.1) is 6.58 Å². The topological polar surface area (TPSA) is 88.1 Å². The number of ether oxygens (including phenoxy) is 4. The molecule has 7 nitrogen and oxygen atoms in total. The van der Waals surface area contributed by atoms with E-state index in [9.17, 15) is 14.4 Å². The minimum absolute atomic E-state index is 0.0760. The van der Waals surface area contributed by atoms with Gasteiger partial charge in [0.1, 0.15) is 17.2 Å². The van der Waals surface area contributed by atoms with Crippen LogP contribution < -0.4 is 14.2 Å². The van der Waals surface area contributed by atoms with E-state index in [0.717, 1.165) is 0 Å². The normalized spacial score (nSPS) is 12.1. The summed E-state index contributed by atoms with van der Waals surface area (Å²) in [5.41, 5.74) is 0.294. The Morgan fingerprint density at radius 2 is 1.44 bits per heavy atom. The van der Waals surface area contributed by atoms with E-state index in [0.29, 0.717) is 40.4 Å². The quantitative estimate of drug-likeness (QED) is 0.0808. The Morgan fingerprint density at radius 1 is 0.872 bits per heavy atom. The maximum absolute atomic E-state index is 13.3. The number of rotatable bonds is 10. The second-order valence-corrected chi connectivity index (χ2v) is 11.5. The van der Waals surface area contributed by atoms with Crippen molar-refractivity contribution in [2.75, 3.05) is 7.11 Å². The minimum atomic E-state index is -0.695. The molecule has 0 radical (unpaired) electrons. The Balaban J connectivity index is 2.49. The van der Waals surface area contributed by atoms with Crippen LogP contribution in [0.15, 0.2) is 54.8 Å². The van der Waals surface area contributed by atoms with Crippen molar-refractivity contribution in [3.8, 4) is 17.2 Å². The van der Waals surface area contributed by atoms with Gasteiger partial charge in [0.05, 0.1) is 24.0 Å². The average molecular weight is 537 g/mol. The highest BCUT2D eigenvalue weighted by Crippen LogP contribution is 2.34. The predicted octanol–water partition coefficient (Wildman–Crippen LogP) is 6.98. The number of carbonyl (C=O) groups is 3. The minimum Gasteiger partial charge on any atom is -0.493 e. The Hall–Kier alpha value is -3.87. The maximum Gasteiger partial charge on any atom is 0.316 e. The molecule has 0 N–H and O–H groups in total. The number of hydrogen-bond donors (Lipinski definition) is 0. The van der Waals surface area contributed by atoms with Crippen molar-refractivity contribution in [3.63, 3.8) is 0 Å². The summed E-state index contributed by atoms with van der Waals surface area (Å²) in [6.45, 7) is 18.2. The Morgan fingerprint density at radius 3 is 1.92 bits per heavy atom. The van der Waals surface area contributed by atoms with E-state index in [4.69, 9.17) is 18.9 Å². The number of allylic oxidation sites excluding steroid dienone is 2. The van der Waals surface area contributed by atoms with Crippen molar-refractivity contribution in [1.82, 2.24) is 0 Å². The molecule has 0 aliphatic rings. The highest BCUT2D eigenvalue weighted by molar-refractivity contribution is 6.10. The van der Waals surface area contributed by atoms with E-state index in [1.165, 1.54) is 7.11 Å². The Bertz CT molecular complexity index is 1240. The zero-order valence-electron chi connectivity index (χ0n) is 24.5. The monoisotopic (exact) mass is 536 g/mol. The fourth-order valence-electron chi connectivity index (χ4n) is 3.19. The lowest BCUT2D eigenvalue weighted by atomic mass is 9.97. The maximum atomic E-state index is 13.3. The summed E-state index contributed by atoms with van der Waals surface area (Å²) in [5, 5.41) is 0. The number of esters is 2. The number of hydrogen-bond acceptors (Lipinski definition) is 7. The van der Waals surface area contributed by atoms with Gasteiger partial charge in [0, 0.05) is 17.2 Å². The van der Waals surface area contributed by atoms with Crippen LogP contribution in [0.2, 0.25) is 0 Å². The highest BCUT2D eigenvalue weighted by Gasteiger charge is 2.26. The smallest absolute Gasteiger partial charge is 0.316 e. The number of benzene rings is 2. The molecule has 0 fully saturated rings. The van der Waals surface area contributed by atoms with Gasteiger partial charge >= 0.3 is 11.9 Å². The summed E-state index contributed by atoms with van der Waals surface area (Å²) < 4.78 is 22.6. The van der Waals surface area contributed by atoms with E-state index in [1.807, 2.05) is 13.8 Å². The molecule has 0 aliphatic heterocycles. The van der Waals surface area contributed by atoms with Crippen molar-refractivity contribution in [1.29, 1.82) is 0 Å². The molecular weight excluding hydrogens is 496 g/mol. The van der Waals surface area contributed by atoms with Crippen molar-refractivity contribution >= 4 is 23.8 Å². The first-order valence-corrected chi connectivity index (χ1v) is 12.9. The SMILES string of the molecule is C=CCc1cc(C=C(OC)C(=O)c2ccc(OC(=O)C(C)(C)C)cc2)c(OC(C)C)cc1OC(=O)C(C)(C)C. The molecule has 0 aliphatic carbocycles. The highest BCUT2D eigenvalue weighted by atomic mass is 16.5. The summed E-state index contributed by atoms with van der Waals surface area (Å²) in [7, 11) is 1.41. The molecule has 2 aromatic rings. The van der Waals surface area contributed by atoms with Crippen LogP contribution in [0.4, 0.5) is 0 Å². The molecular formula is C32H40O7. The number of Topliss-reactive ketones (excluding diaryl/α,β-unsaturated/α-hetero) is 1. The van der Waals surface area contributed by atoms with Crippen LogP contribution in [-0.2, 0) is 20.7 Å². The first-order valence-electron chi connectivity index (χ1n) is 12.9. The van der Waals surface area contributed by atoms with Gasteiger partial charge in [-0.2, -0.15) is 0 Å². The fraction of sp³-hybridized carbons (Fsp3) is 0.406. The third kappa shape index (κ3) is 8.84. The van der Waals surface area contributed by atoms with E-state index in [1.54, 1.807) is 90.1 Å². The molecule has 0 saturated heterocycles. The van der Waals surface area contributed by atoms with E-state index >= 15 is 0 Å². The lowest BCUT2D eigenvalue weighted by Crippen LogP contribution is -2.26. The van der Waals surface area contributed by atoms with Crippen molar-refractivity contribution in [2.24, 2.45) is 10.8 Å². The molecule has 0 unspecified atom stereocenters. The lowest BCUT2D eigenvalue weighted by molar-refractivity contribution is -0.143. The van der Waals surface area contributed by atoms with Crippen molar-refractivity contribution in [3.05, 3.63) is 71.5 Å². The zero-order chi connectivity index (χ0) is 29.5. The summed E-state index contributed by atoms with van der Waals surface area (Å²) >= 11 is 0. The average Bonchev–Trinajstić information content (AvgIpc) is 2.83. The van der Waals surface area contributed by atoms with Gasteiger partial charge < -0.3 is 18.9 Å². The largest absolute Gasteiger partial charge is 0.493 e. The van der Waals surface area contributed by atoms with Gasteiger partial charge in [-0.3, -0.25) is 14.4 Å². The number of carbonyl (C=O) groups excluding carboxylic acids is 3.